The molecule has 4 rings (SSSR count). The van der Waals surface area contributed by atoms with Gasteiger partial charge in [-0.25, -0.2) is 0 Å². The fraction of sp³-hybridized carbons (Fsp3) is 0.273. The van der Waals surface area contributed by atoms with E-state index in [0.29, 0.717) is 35.7 Å². The molecule has 27 heavy (non-hydrogen) atoms. The second-order valence-electron chi connectivity index (χ2n) is 7.39. The van der Waals surface area contributed by atoms with Gasteiger partial charge in [-0.05, 0) is 49.1 Å². The Hall–Kier alpha value is -2.59. The lowest BCUT2D eigenvalue weighted by molar-refractivity contribution is -0.146. The monoisotopic (exact) mass is 381 g/mol. The van der Waals surface area contributed by atoms with Gasteiger partial charge >= 0.3 is 5.97 Å². The van der Waals surface area contributed by atoms with Crippen molar-refractivity contribution in [2.45, 2.75) is 19.3 Å². The van der Waals surface area contributed by atoms with Crippen LogP contribution in [0.3, 0.4) is 0 Å². The summed E-state index contributed by atoms with van der Waals surface area (Å²) in [7, 11) is 0. The van der Waals surface area contributed by atoms with Crippen molar-refractivity contribution in [3.8, 4) is 0 Å². The third-order valence-electron chi connectivity index (χ3n) is 5.55. The smallest absolute Gasteiger partial charge is 0.313 e. The minimum Gasteiger partial charge on any atom is -0.465 e. The molecule has 1 amide bonds. The maximum absolute atomic E-state index is 12.4. The number of amides is 1. The molecular weight excluding hydrogens is 362 g/mol. The van der Waals surface area contributed by atoms with Crippen LogP contribution in [0.25, 0.3) is 0 Å². The van der Waals surface area contributed by atoms with Gasteiger partial charge in [0.25, 0.3) is 5.91 Å². The average Bonchev–Trinajstić information content (AvgIpc) is 3.11. The summed E-state index contributed by atoms with van der Waals surface area (Å²) in [6.45, 7) is 4.56. The summed E-state index contributed by atoms with van der Waals surface area (Å²) < 4.78 is 5.33. The Kier molecular flexibility index (Phi) is 4.52. The Morgan fingerprint density at radius 3 is 2.70 bits per heavy atom. The van der Waals surface area contributed by atoms with Gasteiger partial charge in [-0.15, -0.1) is 0 Å². The van der Waals surface area contributed by atoms with Crippen molar-refractivity contribution in [3.63, 3.8) is 0 Å². The van der Waals surface area contributed by atoms with Crippen molar-refractivity contribution >= 4 is 29.2 Å². The van der Waals surface area contributed by atoms with E-state index in [2.05, 4.69) is 11.9 Å². The molecule has 1 aliphatic heterocycles. The fourth-order valence-corrected chi connectivity index (χ4v) is 4.40. The molecule has 2 fully saturated rings. The fourth-order valence-electron chi connectivity index (χ4n) is 4.18. The van der Waals surface area contributed by atoms with Gasteiger partial charge in [0.1, 0.15) is 0 Å². The first-order valence-corrected chi connectivity index (χ1v) is 9.34. The van der Waals surface area contributed by atoms with Crippen LogP contribution >= 0.6 is 11.6 Å². The van der Waals surface area contributed by atoms with Crippen LogP contribution in [0.1, 0.15) is 28.8 Å². The number of benzene rings is 2. The molecule has 1 heterocycles. The molecule has 2 aromatic carbocycles. The highest BCUT2D eigenvalue weighted by Crippen LogP contribution is 2.52. The minimum atomic E-state index is -0.473. The molecule has 0 aromatic heterocycles. The lowest BCUT2D eigenvalue weighted by Gasteiger charge is -2.24. The van der Waals surface area contributed by atoms with Gasteiger partial charge in [0.15, 0.2) is 0 Å². The SMILES string of the molecule is C=C1CC2COC(=O)C2(Cc2ccc(NC(=O)c3ccccc3Cl)cc2)C1. The third kappa shape index (κ3) is 3.26. The standard InChI is InChI=1S/C22H20ClNO3/c1-14-10-16-13-27-21(26)22(16,11-14)12-15-6-8-17(9-7-15)24-20(25)18-4-2-3-5-19(18)23/h2-9,16H,1,10-13H2,(H,24,25). The van der Waals surface area contributed by atoms with Gasteiger partial charge in [-0.2, -0.15) is 0 Å². The molecule has 2 unspecified atom stereocenters. The van der Waals surface area contributed by atoms with E-state index >= 15 is 0 Å². The zero-order valence-corrected chi connectivity index (χ0v) is 15.6. The highest BCUT2D eigenvalue weighted by molar-refractivity contribution is 6.34. The van der Waals surface area contributed by atoms with E-state index in [1.165, 1.54) is 0 Å². The normalized spacial score (nSPS) is 23.8. The van der Waals surface area contributed by atoms with Crippen molar-refractivity contribution in [1.29, 1.82) is 0 Å². The first-order valence-electron chi connectivity index (χ1n) is 8.97. The van der Waals surface area contributed by atoms with Crippen LogP contribution < -0.4 is 5.32 Å². The Balaban J connectivity index is 1.48. The van der Waals surface area contributed by atoms with Gasteiger partial charge in [0.05, 0.1) is 22.6 Å². The Morgan fingerprint density at radius 1 is 1.22 bits per heavy atom. The molecule has 2 aliphatic rings. The van der Waals surface area contributed by atoms with Crippen LogP contribution in [0.4, 0.5) is 5.69 Å². The zero-order valence-electron chi connectivity index (χ0n) is 14.8. The van der Waals surface area contributed by atoms with Crippen LogP contribution in [-0.2, 0) is 16.0 Å². The molecular formula is C22H20ClNO3. The minimum absolute atomic E-state index is 0.109. The van der Waals surface area contributed by atoms with Gasteiger partial charge in [0.2, 0.25) is 0 Å². The predicted molar refractivity (Wildman–Crippen MR) is 105 cm³/mol. The van der Waals surface area contributed by atoms with E-state index in [4.69, 9.17) is 16.3 Å². The summed E-state index contributed by atoms with van der Waals surface area (Å²) in [6.07, 6.45) is 2.19. The molecule has 1 aliphatic carbocycles. The van der Waals surface area contributed by atoms with Gasteiger partial charge in [-0.1, -0.05) is 48.0 Å². The van der Waals surface area contributed by atoms with E-state index in [0.717, 1.165) is 17.6 Å². The number of allylic oxidation sites excluding steroid dienone is 1. The first kappa shape index (κ1) is 17.8. The molecule has 2 atom stereocenters. The van der Waals surface area contributed by atoms with E-state index in [9.17, 15) is 9.59 Å². The topological polar surface area (TPSA) is 55.4 Å². The summed E-state index contributed by atoms with van der Waals surface area (Å²) in [5.41, 5.74) is 2.81. The number of cyclic esters (lactones) is 1. The van der Waals surface area contributed by atoms with E-state index in [-0.39, 0.29) is 17.8 Å². The Labute approximate surface area is 163 Å². The number of rotatable bonds is 4. The number of hydrogen-bond donors (Lipinski definition) is 1. The highest BCUT2D eigenvalue weighted by atomic mass is 35.5. The van der Waals surface area contributed by atoms with Crippen LogP contribution in [0, 0.1) is 11.3 Å². The van der Waals surface area contributed by atoms with Crippen molar-refractivity contribution in [1.82, 2.24) is 0 Å². The van der Waals surface area contributed by atoms with Gasteiger partial charge < -0.3 is 10.1 Å². The molecule has 0 bridgehead atoms. The number of nitrogens with one attached hydrogen (secondary N) is 1. The van der Waals surface area contributed by atoms with Crippen LogP contribution in [0.15, 0.2) is 60.7 Å². The molecule has 0 spiro atoms. The Bertz CT molecular complexity index is 921. The van der Waals surface area contributed by atoms with Crippen molar-refractivity contribution in [3.05, 3.63) is 76.8 Å². The number of carbonyl (C=O) groups excluding carboxylic acids is 2. The number of carbonyl (C=O) groups is 2. The molecule has 4 nitrogen and oxygen atoms in total. The Morgan fingerprint density at radius 2 is 1.96 bits per heavy atom. The van der Waals surface area contributed by atoms with E-state index in [1.807, 2.05) is 24.3 Å². The van der Waals surface area contributed by atoms with E-state index in [1.54, 1.807) is 24.3 Å². The molecule has 138 valence electrons. The van der Waals surface area contributed by atoms with Crippen molar-refractivity contribution < 1.29 is 14.3 Å². The summed E-state index contributed by atoms with van der Waals surface area (Å²) in [5.74, 6) is -0.141. The summed E-state index contributed by atoms with van der Waals surface area (Å²) in [4.78, 5) is 24.8. The number of fused-ring (bicyclic) bond motifs is 1. The predicted octanol–water partition coefficient (Wildman–Crippen LogP) is 4.64. The molecule has 1 saturated heterocycles. The van der Waals surface area contributed by atoms with Crippen LogP contribution in [0.2, 0.25) is 5.02 Å². The lowest BCUT2D eigenvalue weighted by atomic mass is 9.75. The number of anilines is 1. The lowest BCUT2D eigenvalue weighted by Crippen LogP contribution is -2.31. The summed E-state index contributed by atoms with van der Waals surface area (Å²) in [6, 6.07) is 14.5. The first-order chi connectivity index (χ1) is 13.0. The van der Waals surface area contributed by atoms with Crippen molar-refractivity contribution in [2.75, 3.05) is 11.9 Å². The zero-order chi connectivity index (χ0) is 19.0. The van der Waals surface area contributed by atoms with E-state index < -0.39 is 5.41 Å². The third-order valence-corrected chi connectivity index (χ3v) is 5.88. The largest absolute Gasteiger partial charge is 0.465 e. The summed E-state index contributed by atoms with van der Waals surface area (Å²) >= 11 is 6.07. The molecule has 1 saturated carbocycles. The van der Waals surface area contributed by atoms with Crippen LogP contribution in [-0.4, -0.2) is 18.5 Å². The molecule has 1 N–H and O–H groups in total. The molecule has 2 aromatic rings. The van der Waals surface area contributed by atoms with Crippen molar-refractivity contribution in [2.24, 2.45) is 11.3 Å². The van der Waals surface area contributed by atoms with Gasteiger partial charge in [0, 0.05) is 11.6 Å². The number of hydrogen-bond acceptors (Lipinski definition) is 3. The van der Waals surface area contributed by atoms with Crippen LogP contribution in [0.5, 0.6) is 0 Å². The second-order valence-corrected chi connectivity index (χ2v) is 7.80. The quantitative estimate of drug-likeness (QED) is 0.619. The van der Waals surface area contributed by atoms with Gasteiger partial charge in [-0.3, -0.25) is 9.59 Å². The number of halogens is 1. The highest BCUT2D eigenvalue weighted by Gasteiger charge is 2.55. The molecule has 0 radical (unpaired) electrons. The average molecular weight is 382 g/mol. The second kappa shape index (κ2) is 6.86. The molecule has 5 heteroatoms. The maximum Gasteiger partial charge on any atom is 0.313 e. The number of ether oxygens (including phenoxy) is 1. The number of esters is 1. The summed E-state index contributed by atoms with van der Waals surface area (Å²) in [5, 5.41) is 3.27. The maximum atomic E-state index is 12.4.